The number of rotatable bonds is 1. The summed E-state index contributed by atoms with van der Waals surface area (Å²) in [4.78, 5) is 12.3. The van der Waals surface area contributed by atoms with Crippen LogP contribution in [-0.4, -0.2) is 30.4 Å². The van der Waals surface area contributed by atoms with E-state index in [1.54, 1.807) is 4.90 Å². The number of nitrogens with two attached hydrogens (primary N) is 1. The molecule has 0 aromatic carbocycles. The van der Waals surface area contributed by atoms with Gasteiger partial charge in [-0.15, -0.1) is 0 Å². The molecule has 0 atom stereocenters. The van der Waals surface area contributed by atoms with Crippen LogP contribution in [0.5, 0.6) is 0 Å². The largest absolute Gasteiger partial charge is 0.339 e. The Kier molecular flexibility index (Phi) is 5.06. The summed E-state index contributed by atoms with van der Waals surface area (Å²) in [6.45, 7) is 5.18. The predicted octanol–water partition coefficient (Wildman–Crippen LogP) is -0.0467. The zero-order chi connectivity index (χ0) is 9.56. The molecule has 1 fully saturated rings. The van der Waals surface area contributed by atoms with E-state index in [4.69, 9.17) is 11.0 Å². The number of carbonyl (C=O) groups excluding carboxylic acids is 1. The molecule has 0 bridgehead atoms. The lowest BCUT2D eigenvalue weighted by Gasteiger charge is -2.34. The molecule has 0 spiro atoms. The molecule has 1 heterocycles. The molecule has 0 radical (unpaired) electrons. The Morgan fingerprint density at radius 2 is 2.17 bits per heavy atom. The quantitative estimate of drug-likeness (QED) is 0.598. The molecule has 0 aromatic rings. The van der Waals surface area contributed by atoms with E-state index in [0.717, 1.165) is 0 Å². The topological polar surface area (TPSA) is 70.1 Å². The highest BCUT2D eigenvalue weighted by Gasteiger charge is 2.29. The zero-order valence-corrected chi connectivity index (χ0v) is 7.58. The van der Waals surface area contributed by atoms with E-state index < -0.39 is 0 Å². The minimum atomic E-state index is -0.0634. The number of hydrogen-bond donors (Lipinski definition) is 1. The third-order valence-corrected chi connectivity index (χ3v) is 1.59. The third kappa shape index (κ3) is 2.51. The first kappa shape index (κ1) is 10.9. The van der Waals surface area contributed by atoms with Crippen LogP contribution in [0.3, 0.4) is 0 Å². The molecule has 0 unspecified atom stereocenters. The van der Waals surface area contributed by atoms with Gasteiger partial charge in [0.1, 0.15) is 0 Å². The van der Waals surface area contributed by atoms with Crippen LogP contribution in [0.4, 0.5) is 0 Å². The minimum absolute atomic E-state index is 0.0375. The Morgan fingerprint density at radius 3 is 2.50 bits per heavy atom. The molecule has 1 saturated heterocycles. The van der Waals surface area contributed by atoms with E-state index in [2.05, 4.69) is 6.07 Å². The normalized spacial score (nSPS) is 15.3. The lowest BCUT2D eigenvalue weighted by Crippen LogP contribution is -2.51. The molecule has 4 heteroatoms. The maximum absolute atomic E-state index is 10.7. The zero-order valence-electron chi connectivity index (χ0n) is 7.58. The van der Waals surface area contributed by atoms with Gasteiger partial charge in [0.25, 0.3) is 0 Å². The van der Waals surface area contributed by atoms with Crippen LogP contribution in [0.15, 0.2) is 0 Å². The average molecular weight is 169 g/mol. The first-order valence-electron chi connectivity index (χ1n) is 4.15. The van der Waals surface area contributed by atoms with E-state index in [1.807, 2.05) is 13.8 Å². The number of likely N-dealkylation sites (tertiary alicyclic amines) is 1. The van der Waals surface area contributed by atoms with Gasteiger partial charge in [-0.05, 0) is 0 Å². The van der Waals surface area contributed by atoms with Crippen molar-refractivity contribution in [2.24, 2.45) is 11.7 Å². The van der Waals surface area contributed by atoms with Crippen molar-refractivity contribution in [1.82, 2.24) is 4.90 Å². The van der Waals surface area contributed by atoms with E-state index in [0.29, 0.717) is 13.1 Å². The molecule has 68 valence electrons. The summed E-state index contributed by atoms with van der Waals surface area (Å²) in [6, 6.07) is 2.08. The number of nitriles is 1. The van der Waals surface area contributed by atoms with E-state index in [9.17, 15) is 4.79 Å². The van der Waals surface area contributed by atoms with Gasteiger partial charge in [0.15, 0.2) is 0 Å². The smallest absolute Gasteiger partial charge is 0.236 e. The van der Waals surface area contributed by atoms with Crippen molar-refractivity contribution >= 4 is 5.91 Å². The summed E-state index contributed by atoms with van der Waals surface area (Å²) in [7, 11) is 0. The highest BCUT2D eigenvalue weighted by Crippen LogP contribution is 2.13. The van der Waals surface area contributed by atoms with Crippen LogP contribution in [-0.2, 0) is 4.79 Å². The van der Waals surface area contributed by atoms with Crippen LogP contribution in [0.1, 0.15) is 13.8 Å². The summed E-state index contributed by atoms with van der Waals surface area (Å²) < 4.78 is 0. The van der Waals surface area contributed by atoms with E-state index >= 15 is 0 Å². The molecule has 4 nitrogen and oxygen atoms in total. The van der Waals surface area contributed by atoms with Crippen LogP contribution in [0.2, 0.25) is 0 Å². The maximum atomic E-state index is 10.7. The number of hydrogen-bond acceptors (Lipinski definition) is 3. The fourth-order valence-electron chi connectivity index (χ4n) is 0.893. The van der Waals surface area contributed by atoms with Crippen molar-refractivity contribution in [2.75, 3.05) is 19.6 Å². The first-order chi connectivity index (χ1) is 5.77. The summed E-state index contributed by atoms with van der Waals surface area (Å²) in [6.07, 6.45) is 0. The number of carbonyl (C=O) groups is 1. The fourth-order valence-corrected chi connectivity index (χ4v) is 0.893. The molecule has 0 saturated carbocycles. The van der Waals surface area contributed by atoms with Gasteiger partial charge >= 0.3 is 0 Å². The molecular weight excluding hydrogens is 154 g/mol. The summed E-state index contributed by atoms with van der Waals surface area (Å²) in [5.74, 6) is -0.0259. The average Bonchev–Trinajstić information content (AvgIpc) is 2.06. The summed E-state index contributed by atoms with van der Waals surface area (Å²) >= 11 is 0. The van der Waals surface area contributed by atoms with Gasteiger partial charge in [-0.2, -0.15) is 5.26 Å². The van der Waals surface area contributed by atoms with Crippen LogP contribution < -0.4 is 5.73 Å². The van der Waals surface area contributed by atoms with Crippen LogP contribution >= 0.6 is 0 Å². The van der Waals surface area contributed by atoms with E-state index in [1.165, 1.54) is 0 Å². The molecule has 12 heavy (non-hydrogen) atoms. The van der Waals surface area contributed by atoms with Gasteiger partial charge in [-0.1, -0.05) is 13.8 Å². The summed E-state index contributed by atoms with van der Waals surface area (Å²) in [5, 5.41) is 8.34. The van der Waals surface area contributed by atoms with Gasteiger partial charge in [-0.3, -0.25) is 4.79 Å². The highest BCUT2D eigenvalue weighted by atomic mass is 16.2. The Morgan fingerprint density at radius 1 is 1.67 bits per heavy atom. The Hall–Kier alpha value is -1.08. The Labute approximate surface area is 72.9 Å². The second-order valence-electron chi connectivity index (χ2n) is 2.33. The van der Waals surface area contributed by atoms with Crippen molar-refractivity contribution in [3.05, 3.63) is 0 Å². The lowest BCUT2D eigenvalue weighted by molar-refractivity contribution is -0.134. The third-order valence-electron chi connectivity index (χ3n) is 1.59. The summed E-state index contributed by atoms with van der Waals surface area (Å²) in [5.41, 5.74) is 5.10. The first-order valence-corrected chi connectivity index (χ1v) is 4.15. The monoisotopic (exact) mass is 169 g/mol. The van der Waals surface area contributed by atoms with Crippen molar-refractivity contribution in [1.29, 1.82) is 5.26 Å². The second-order valence-corrected chi connectivity index (χ2v) is 2.33. The molecule has 0 aliphatic carbocycles. The van der Waals surface area contributed by atoms with E-state index in [-0.39, 0.29) is 18.4 Å². The second kappa shape index (κ2) is 5.56. The van der Waals surface area contributed by atoms with Crippen LogP contribution in [0.25, 0.3) is 0 Å². The Bertz CT molecular complexity index is 179. The Balaban J connectivity index is 0.000000561. The molecule has 2 N–H and O–H groups in total. The van der Waals surface area contributed by atoms with Gasteiger partial charge in [0.05, 0.1) is 18.5 Å². The van der Waals surface area contributed by atoms with Gasteiger partial charge in [0.2, 0.25) is 5.91 Å². The minimum Gasteiger partial charge on any atom is -0.339 e. The predicted molar refractivity (Wildman–Crippen MR) is 46.1 cm³/mol. The van der Waals surface area contributed by atoms with Gasteiger partial charge in [0, 0.05) is 13.1 Å². The van der Waals surface area contributed by atoms with Crippen molar-refractivity contribution in [3.63, 3.8) is 0 Å². The molecule has 1 rings (SSSR count). The SMILES string of the molecule is CC.N#CC1CN(C(=O)CN)C1. The van der Waals surface area contributed by atoms with Crippen molar-refractivity contribution < 1.29 is 4.79 Å². The van der Waals surface area contributed by atoms with Gasteiger partial charge < -0.3 is 10.6 Å². The van der Waals surface area contributed by atoms with Crippen LogP contribution in [0, 0.1) is 17.2 Å². The molecule has 1 amide bonds. The highest BCUT2D eigenvalue weighted by molar-refractivity contribution is 5.78. The number of amides is 1. The molecule has 1 aliphatic rings. The molecule has 0 aromatic heterocycles. The lowest BCUT2D eigenvalue weighted by atomic mass is 10.0. The van der Waals surface area contributed by atoms with Crippen molar-refractivity contribution in [3.8, 4) is 6.07 Å². The molecule has 1 aliphatic heterocycles. The van der Waals surface area contributed by atoms with Gasteiger partial charge in [-0.25, -0.2) is 0 Å². The van der Waals surface area contributed by atoms with Crippen molar-refractivity contribution in [2.45, 2.75) is 13.8 Å². The number of nitrogens with zero attached hydrogens (tertiary/aromatic N) is 2. The maximum Gasteiger partial charge on any atom is 0.236 e. The fraction of sp³-hybridized carbons (Fsp3) is 0.750. The standard InChI is InChI=1S/C6H9N3O.C2H6/c7-1-5-3-9(4-5)6(10)2-8;1-2/h5H,2-4,8H2;1-2H3. The molecular formula is C8H15N3O.